The number of hydrogen-bond donors (Lipinski definition) is 2. The highest BCUT2D eigenvalue weighted by molar-refractivity contribution is 9.10. The van der Waals surface area contributed by atoms with E-state index in [1.165, 1.54) is 16.8 Å². The first-order valence-electron chi connectivity index (χ1n) is 16.6. The fraction of sp³-hybridized carbons (Fsp3) is 0.333. The van der Waals surface area contributed by atoms with Gasteiger partial charge in [-0.15, -0.1) is 0 Å². The number of fused-ring (bicyclic) bond motifs is 2. The Bertz CT molecular complexity index is 1960. The van der Waals surface area contributed by atoms with E-state index in [4.69, 9.17) is 9.47 Å². The lowest BCUT2D eigenvalue weighted by atomic mass is 10.0. The Kier molecular flexibility index (Phi) is 11.1. The maximum atomic E-state index is 14.8. The lowest BCUT2D eigenvalue weighted by Crippen LogP contribution is -2.57. The Morgan fingerprint density at radius 1 is 0.961 bits per heavy atom. The maximum absolute atomic E-state index is 14.8. The van der Waals surface area contributed by atoms with Gasteiger partial charge >= 0.3 is 6.09 Å². The Hall–Kier alpha value is -4.94. The molecule has 1 aliphatic rings. The number of anilines is 2. The summed E-state index contributed by atoms with van der Waals surface area (Å²) >= 11 is 3.64. The first-order valence-corrected chi connectivity index (χ1v) is 17.4. The number of halogens is 1. The molecule has 4 aromatic carbocycles. The van der Waals surface area contributed by atoms with Gasteiger partial charge in [0.15, 0.2) is 0 Å². The molecule has 51 heavy (non-hydrogen) atoms. The van der Waals surface area contributed by atoms with Gasteiger partial charge in [0, 0.05) is 22.6 Å². The highest BCUT2D eigenvalue weighted by Crippen LogP contribution is 2.38. The van der Waals surface area contributed by atoms with Gasteiger partial charge < -0.3 is 29.7 Å². The number of ether oxygens (including phenoxy) is 2. The van der Waals surface area contributed by atoms with Crippen LogP contribution < -0.4 is 19.9 Å². The van der Waals surface area contributed by atoms with Crippen LogP contribution in [0.15, 0.2) is 83.3 Å². The monoisotopic (exact) mass is 758 g/mol. The minimum Gasteiger partial charge on any atom is -0.496 e. The Labute approximate surface area is 306 Å². The van der Waals surface area contributed by atoms with Crippen molar-refractivity contribution < 1.29 is 33.8 Å². The molecule has 0 fully saturated rings. The van der Waals surface area contributed by atoms with Crippen LogP contribution in [0.25, 0.3) is 10.8 Å². The van der Waals surface area contributed by atoms with Gasteiger partial charge in [-0.2, -0.15) is 0 Å². The third-order valence-corrected chi connectivity index (χ3v) is 9.54. The number of para-hydroxylation sites is 2. The summed E-state index contributed by atoms with van der Waals surface area (Å²) < 4.78 is 12.1. The summed E-state index contributed by atoms with van der Waals surface area (Å²) in [6.07, 6.45) is -1.41. The predicted octanol–water partition coefficient (Wildman–Crippen LogP) is 6.60. The van der Waals surface area contributed by atoms with Crippen molar-refractivity contribution in [2.75, 3.05) is 30.5 Å². The minimum absolute atomic E-state index is 0.0532. The van der Waals surface area contributed by atoms with Gasteiger partial charge in [0.05, 0.1) is 37.7 Å². The molecule has 4 amide bonds. The van der Waals surface area contributed by atoms with Crippen LogP contribution in [-0.4, -0.2) is 72.2 Å². The SMILES string of the molecule is COc1ccc2c(Br)cccc2c1CN1C(=O)C(NC(=O)[C@H](C)N(C)C(=O)OC(C)(C)C)CN(C(=O)c2ccc(C(C)O)cc2)c2ccccc21. The van der Waals surface area contributed by atoms with E-state index < -0.39 is 47.6 Å². The normalized spacial score (nSPS) is 15.8. The number of methoxy groups -OCH3 is 1. The summed E-state index contributed by atoms with van der Waals surface area (Å²) in [6, 6.07) is 21.0. The molecule has 268 valence electrons. The molecule has 0 aromatic heterocycles. The predicted molar refractivity (Wildman–Crippen MR) is 200 cm³/mol. The third-order valence-electron chi connectivity index (χ3n) is 8.85. The molecule has 2 N–H and O–H groups in total. The second-order valence-corrected chi connectivity index (χ2v) is 14.4. The van der Waals surface area contributed by atoms with Crippen molar-refractivity contribution in [2.45, 2.75) is 65.0 Å². The third kappa shape index (κ3) is 8.02. The molecule has 0 saturated heterocycles. The molecule has 0 aliphatic carbocycles. The van der Waals surface area contributed by atoms with Crippen LogP contribution in [0, 0.1) is 0 Å². The van der Waals surface area contributed by atoms with Crippen molar-refractivity contribution in [3.05, 3.63) is 100 Å². The molecule has 4 aromatic rings. The number of rotatable bonds is 8. The van der Waals surface area contributed by atoms with E-state index in [-0.39, 0.29) is 13.1 Å². The summed E-state index contributed by atoms with van der Waals surface area (Å²) in [5.41, 5.74) is 1.85. The van der Waals surface area contributed by atoms with Crippen LogP contribution in [0.2, 0.25) is 0 Å². The van der Waals surface area contributed by atoms with E-state index in [1.807, 2.05) is 30.3 Å². The molecular formula is C39H43BrN4O7. The first-order chi connectivity index (χ1) is 24.1. The molecule has 0 radical (unpaired) electrons. The number of aliphatic hydroxyl groups excluding tert-OH is 1. The Balaban J connectivity index is 1.60. The molecular weight excluding hydrogens is 716 g/mol. The number of likely N-dealkylation sites (N-methyl/N-ethyl adjacent to an activating group) is 1. The lowest BCUT2D eigenvalue weighted by Gasteiger charge is -2.30. The number of amides is 4. The molecule has 0 spiro atoms. The van der Waals surface area contributed by atoms with Crippen LogP contribution in [0.3, 0.4) is 0 Å². The van der Waals surface area contributed by atoms with Crippen LogP contribution in [-0.2, 0) is 20.9 Å². The largest absolute Gasteiger partial charge is 0.496 e. The Morgan fingerprint density at radius 2 is 1.63 bits per heavy atom. The standard InChI is InChI=1S/C39H43BrN4O7/c1-23(42(6)38(49)51-39(3,4)5)35(46)41-31-22-44(36(47)26-17-15-25(16-18-26)24(2)45)33-14-9-8-13-32(33)43(37(31)48)21-29-27-11-10-12-30(40)28(27)19-20-34(29)50-7/h8-20,23-24,31,45H,21-22H2,1-7H3,(H,41,46)/t23-,24?,31?/m0/s1. The molecule has 2 unspecified atom stereocenters. The van der Waals surface area contributed by atoms with E-state index in [0.717, 1.165) is 20.8 Å². The zero-order valence-corrected chi connectivity index (χ0v) is 31.4. The van der Waals surface area contributed by atoms with Crippen molar-refractivity contribution >= 4 is 61.9 Å². The molecule has 12 heteroatoms. The lowest BCUT2D eigenvalue weighted by molar-refractivity contribution is -0.130. The molecule has 0 saturated carbocycles. The van der Waals surface area contributed by atoms with Crippen molar-refractivity contribution in [3.8, 4) is 5.75 Å². The molecule has 1 heterocycles. The number of hydrogen-bond acceptors (Lipinski definition) is 7. The number of aliphatic hydroxyl groups is 1. The Morgan fingerprint density at radius 3 is 2.25 bits per heavy atom. The average molecular weight is 760 g/mol. The van der Waals surface area contributed by atoms with Crippen molar-refractivity contribution in [1.29, 1.82) is 0 Å². The topological polar surface area (TPSA) is 129 Å². The smallest absolute Gasteiger partial charge is 0.410 e. The molecule has 0 bridgehead atoms. The summed E-state index contributed by atoms with van der Waals surface area (Å²) in [7, 11) is 3.02. The summed E-state index contributed by atoms with van der Waals surface area (Å²) in [5, 5.41) is 14.7. The van der Waals surface area contributed by atoms with E-state index >= 15 is 0 Å². The second kappa shape index (κ2) is 15.1. The summed E-state index contributed by atoms with van der Waals surface area (Å²) in [6.45, 7) is 8.22. The van der Waals surface area contributed by atoms with Gasteiger partial charge in [-0.3, -0.25) is 19.3 Å². The molecule has 1 aliphatic heterocycles. The van der Waals surface area contributed by atoms with Gasteiger partial charge in [0.2, 0.25) is 5.91 Å². The van der Waals surface area contributed by atoms with Crippen LogP contribution >= 0.6 is 15.9 Å². The summed E-state index contributed by atoms with van der Waals surface area (Å²) in [5.74, 6) is -0.904. The van der Waals surface area contributed by atoms with Gasteiger partial charge in [0.25, 0.3) is 11.8 Å². The number of benzene rings is 4. The number of nitrogens with one attached hydrogen (secondary N) is 1. The quantitative estimate of drug-likeness (QED) is 0.207. The summed E-state index contributed by atoms with van der Waals surface area (Å²) in [4.78, 5) is 59.9. The van der Waals surface area contributed by atoms with Gasteiger partial charge in [-0.25, -0.2) is 4.79 Å². The van der Waals surface area contributed by atoms with Crippen molar-refractivity contribution in [3.63, 3.8) is 0 Å². The van der Waals surface area contributed by atoms with Gasteiger partial charge in [-0.05, 0) is 93.4 Å². The second-order valence-electron chi connectivity index (χ2n) is 13.5. The van der Waals surface area contributed by atoms with Crippen molar-refractivity contribution in [2.24, 2.45) is 0 Å². The zero-order chi connectivity index (χ0) is 37.2. The van der Waals surface area contributed by atoms with E-state index in [0.29, 0.717) is 28.3 Å². The van der Waals surface area contributed by atoms with E-state index in [1.54, 1.807) is 95.2 Å². The number of carbonyl (C=O) groups is 4. The molecule has 11 nitrogen and oxygen atoms in total. The van der Waals surface area contributed by atoms with Crippen LogP contribution in [0.1, 0.15) is 62.2 Å². The van der Waals surface area contributed by atoms with Crippen LogP contribution in [0.4, 0.5) is 16.2 Å². The zero-order valence-electron chi connectivity index (χ0n) is 29.8. The molecule has 5 rings (SSSR count). The number of nitrogens with zero attached hydrogens (tertiary/aromatic N) is 3. The van der Waals surface area contributed by atoms with Crippen molar-refractivity contribution in [1.82, 2.24) is 10.2 Å². The average Bonchev–Trinajstić information content (AvgIpc) is 3.21. The highest BCUT2D eigenvalue weighted by Gasteiger charge is 2.39. The van der Waals surface area contributed by atoms with E-state index in [9.17, 15) is 24.3 Å². The van der Waals surface area contributed by atoms with E-state index in [2.05, 4.69) is 21.2 Å². The fourth-order valence-corrected chi connectivity index (χ4v) is 6.44. The maximum Gasteiger partial charge on any atom is 0.410 e. The van der Waals surface area contributed by atoms with Gasteiger partial charge in [-0.1, -0.05) is 52.3 Å². The van der Waals surface area contributed by atoms with Gasteiger partial charge in [0.1, 0.15) is 23.4 Å². The minimum atomic E-state index is -1.22. The number of carbonyl (C=O) groups excluding carboxylic acids is 4. The van der Waals surface area contributed by atoms with Crippen LogP contribution in [0.5, 0.6) is 5.75 Å². The first kappa shape index (κ1) is 37.3. The molecule has 3 atom stereocenters. The fourth-order valence-electron chi connectivity index (χ4n) is 5.94. The highest BCUT2D eigenvalue weighted by atomic mass is 79.9.